The minimum absolute atomic E-state index is 0.124. The largest absolute Gasteiger partial charge is 0.455 e. The highest BCUT2D eigenvalue weighted by atomic mass is 16.5. The molecule has 1 heterocycles. The van der Waals surface area contributed by atoms with E-state index in [1.54, 1.807) is 0 Å². The first-order valence-corrected chi connectivity index (χ1v) is 11.1. The fourth-order valence-electron chi connectivity index (χ4n) is 3.72. The van der Waals surface area contributed by atoms with Gasteiger partial charge >= 0.3 is 5.97 Å². The number of hydrogen-bond donors (Lipinski definition) is 1. The standard InChI is InChI=1S/C27H28N2O4/c30-26(28-25-12-8-22(9-13-25)19-29-14-16-32-17-15-29)20-33-27(31)18-21-6-10-24(11-7-21)23-4-2-1-3-5-23/h1-13H,14-20H2,(H,28,30). The molecule has 6 nitrogen and oxygen atoms in total. The van der Waals surface area contributed by atoms with Crippen molar-refractivity contribution in [1.82, 2.24) is 4.90 Å². The number of benzene rings is 3. The van der Waals surface area contributed by atoms with Crippen molar-refractivity contribution in [3.05, 3.63) is 90.0 Å². The van der Waals surface area contributed by atoms with Gasteiger partial charge in [-0.25, -0.2) is 0 Å². The van der Waals surface area contributed by atoms with E-state index in [9.17, 15) is 9.59 Å². The Morgan fingerprint density at radius 3 is 2.15 bits per heavy atom. The van der Waals surface area contributed by atoms with Crippen LogP contribution in [0.25, 0.3) is 11.1 Å². The van der Waals surface area contributed by atoms with Crippen molar-refractivity contribution in [3.8, 4) is 11.1 Å². The van der Waals surface area contributed by atoms with Crippen molar-refractivity contribution in [2.75, 3.05) is 38.2 Å². The smallest absolute Gasteiger partial charge is 0.310 e. The molecule has 3 aromatic carbocycles. The Bertz CT molecular complexity index is 1040. The van der Waals surface area contributed by atoms with Gasteiger partial charge in [0.25, 0.3) is 5.91 Å². The number of nitrogens with one attached hydrogen (secondary N) is 1. The number of carbonyl (C=O) groups is 2. The third-order valence-corrected chi connectivity index (χ3v) is 5.52. The molecule has 0 saturated carbocycles. The number of nitrogens with zero attached hydrogens (tertiary/aromatic N) is 1. The van der Waals surface area contributed by atoms with Gasteiger partial charge in [-0.2, -0.15) is 0 Å². The van der Waals surface area contributed by atoms with E-state index in [1.165, 1.54) is 5.56 Å². The molecule has 1 saturated heterocycles. The lowest BCUT2D eigenvalue weighted by Gasteiger charge is -2.26. The first-order valence-electron chi connectivity index (χ1n) is 11.1. The summed E-state index contributed by atoms with van der Waals surface area (Å²) in [4.78, 5) is 26.6. The Hall–Kier alpha value is -3.48. The Balaban J connectivity index is 1.19. The maximum absolute atomic E-state index is 12.2. The van der Waals surface area contributed by atoms with Crippen molar-refractivity contribution in [1.29, 1.82) is 0 Å². The number of esters is 1. The van der Waals surface area contributed by atoms with E-state index >= 15 is 0 Å². The van der Waals surface area contributed by atoms with Gasteiger partial charge in [0.2, 0.25) is 0 Å². The molecule has 0 spiro atoms. The molecule has 0 aliphatic carbocycles. The molecule has 0 bridgehead atoms. The lowest BCUT2D eigenvalue weighted by Crippen LogP contribution is -2.35. The molecular weight excluding hydrogens is 416 g/mol. The normalized spacial score (nSPS) is 13.9. The topological polar surface area (TPSA) is 67.9 Å². The number of ether oxygens (including phenoxy) is 2. The summed E-state index contributed by atoms with van der Waals surface area (Å²) in [7, 11) is 0. The van der Waals surface area contributed by atoms with E-state index < -0.39 is 5.97 Å². The minimum Gasteiger partial charge on any atom is -0.455 e. The van der Waals surface area contributed by atoms with Gasteiger partial charge in [0.1, 0.15) is 0 Å². The zero-order valence-electron chi connectivity index (χ0n) is 18.5. The summed E-state index contributed by atoms with van der Waals surface area (Å²) in [5.41, 5.74) is 4.91. The lowest BCUT2D eigenvalue weighted by atomic mass is 10.0. The number of amides is 1. The van der Waals surface area contributed by atoms with E-state index in [1.807, 2.05) is 78.9 Å². The van der Waals surface area contributed by atoms with E-state index in [0.29, 0.717) is 5.69 Å². The van der Waals surface area contributed by atoms with Crippen molar-refractivity contribution >= 4 is 17.6 Å². The van der Waals surface area contributed by atoms with Crippen molar-refractivity contribution in [2.24, 2.45) is 0 Å². The third-order valence-electron chi connectivity index (χ3n) is 5.52. The molecule has 1 aliphatic heterocycles. The molecule has 33 heavy (non-hydrogen) atoms. The van der Waals surface area contributed by atoms with Gasteiger partial charge in [-0.1, -0.05) is 66.7 Å². The maximum Gasteiger partial charge on any atom is 0.310 e. The number of carbonyl (C=O) groups excluding carboxylic acids is 2. The molecule has 1 fully saturated rings. The third kappa shape index (κ3) is 7.00. The summed E-state index contributed by atoms with van der Waals surface area (Å²) >= 11 is 0. The Kier molecular flexibility index (Phi) is 7.85. The zero-order valence-corrected chi connectivity index (χ0v) is 18.5. The summed E-state index contributed by atoms with van der Waals surface area (Å²) in [6, 6.07) is 25.5. The fourth-order valence-corrected chi connectivity index (χ4v) is 3.72. The van der Waals surface area contributed by atoms with Crippen LogP contribution in [0.1, 0.15) is 11.1 Å². The van der Waals surface area contributed by atoms with Gasteiger partial charge in [0, 0.05) is 25.3 Å². The maximum atomic E-state index is 12.2. The monoisotopic (exact) mass is 444 g/mol. The second-order valence-corrected chi connectivity index (χ2v) is 8.03. The van der Waals surface area contributed by atoms with Gasteiger partial charge in [0.15, 0.2) is 6.61 Å². The summed E-state index contributed by atoms with van der Waals surface area (Å²) in [6.45, 7) is 3.96. The van der Waals surface area contributed by atoms with E-state index in [0.717, 1.165) is 49.5 Å². The summed E-state index contributed by atoms with van der Waals surface area (Å²) < 4.78 is 10.5. The van der Waals surface area contributed by atoms with Gasteiger partial charge in [-0.3, -0.25) is 14.5 Å². The lowest BCUT2D eigenvalue weighted by molar-refractivity contribution is -0.146. The highest BCUT2D eigenvalue weighted by Gasteiger charge is 2.12. The van der Waals surface area contributed by atoms with Crippen LogP contribution in [-0.4, -0.2) is 49.7 Å². The van der Waals surface area contributed by atoms with Crippen molar-refractivity contribution in [2.45, 2.75) is 13.0 Å². The highest BCUT2D eigenvalue weighted by Crippen LogP contribution is 2.19. The van der Waals surface area contributed by atoms with Crippen LogP contribution in [0.2, 0.25) is 0 Å². The molecule has 1 aliphatic rings. The second kappa shape index (κ2) is 11.4. The summed E-state index contributed by atoms with van der Waals surface area (Å²) in [5, 5.41) is 2.77. The first-order chi connectivity index (χ1) is 16.2. The van der Waals surface area contributed by atoms with Gasteiger partial charge in [-0.05, 0) is 34.4 Å². The summed E-state index contributed by atoms with van der Waals surface area (Å²) in [5.74, 6) is -0.790. The number of hydrogen-bond acceptors (Lipinski definition) is 5. The van der Waals surface area contributed by atoms with Gasteiger partial charge in [-0.15, -0.1) is 0 Å². The minimum atomic E-state index is -0.432. The number of morpholine rings is 1. The second-order valence-electron chi connectivity index (χ2n) is 8.03. The molecule has 1 amide bonds. The molecule has 1 N–H and O–H groups in total. The van der Waals surface area contributed by atoms with E-state index in [2.05, 4.69) is 10.2 Å². The van der Waals surface area contributed by atoms with Crippen LogP contribution in [0.3, 0.4) is 0 Å². The van der Waals surface area contributed by atoms with Crippen molar-refractivity contribution in [3.63, 3.8) is 0 Å². The summed E-state index contributed by atoms with van der Waals surface area (Å²) in [6.07, 6.45) is 0.124. The van der Waals surface area contributed by atoms with Crippen LogP contribution in [0.15, 0.2) is 78.9 Å². The predicted octanol–water partition coefficient (Wildman–Crippen LogP) is 3.91. The number of anilines is 1. The highest BCUT2D eigenvalue weighted by molar-refractivity contribution is 5.92. The Labute approximate surface area is 194 Å². The SMILES string of the molecule is O=C(COC(=O)Cc1ccc(-c2ccccc2)cc1)Nc1ccc(CN2CCOCC2)cc1. The van der Waals surface area contributed by atoms with Crippen LogP contribution < -0.4 is 5.32 Å². The molecule has 0 atom stereocenters. The zero-order chi connectivity index (χ0) is 22.9. The molecule has 0 aromatic heterocycles. The molecule has 6 heteroatoms. The van der Waals surface area contributed by atoms with Gasteiger partial charge < -0.3 is 14.8 Å². The molecule has 0 unspecified atom stereocenters. The predicted molar refractivity (Wildman–Crippen MR) is 128 cm³/mol. The average Bonchev–Trinajstić information content (AvgIpc) is 2.86. The average molecular weight is 445 g/mol. The fraction of sp³-hybridized carbons (Fsp3) is 0.259. The van der Waals surface area contributed by atoms with Crippen LogP contribution >= 0.6 is 0 Å². The van der Waals surface area contributed by atoms with E-state index in [-0.39, 0.29) is 18.9 Å². The van der Waals surface area contributed by atoms with Crippen LogP contribution in [0.4, 0.5) is 5.69 Å². The molecule has 0 radical (unpaired) electrons. The molecule has 170 valence electrons. The number of rotatable bonds is 8. The van der Waals surface area contributed by atoms with Crippen LogP contribution in [0, 0.1) is 0 Å². The van der Waals surface area contributed by atoms with Crippen molar-refractivity contribution < 1.29 is 19.1 Å². The Morgan fingerprint density at radius 2 is 1.45 bits per heavy atom. The molecular formula is C27H28N2O4. The van der Waals surface area contributed by atoms with Crippen LogP contribution in [0.5, 0.6) is 0 Å². The quantitative estimate of drug-likeness (QED) is 0.534. The molecule has 3 aromatic rings. The van der Waals surface area contributed by atoms with Gasteiger partial charge in [0.05, 0.1) is 19.6 Å². The molecule has 4 rings (SSSR count). The Morgan fingerprint density at radius 1 is 0.818 bits per heavy atom. The van der Waals surface area contributed by atoms with E-state index in [4.69, 9.17) is 9.47 Å². The first kappa shape index (κ1) is 22.7. The van der Waals surface area contributed by atoms with Crippen LogP contribution in [-0.2, 0) is 32.0 Å².